The highest BCUT2D eigenvalue weighted by Gasteiger charge is 2.19. The topological polar surface area (TPSA) is 78.9 Å². The Bertz CT molecular complexity index is 1310. The molecular formula is C56H90O6. The van der Waals surface area contributed by atoms with Crippen LogP contribution >= 0.6 is 0 Å². The first-order valence-electron chi connectivity index (χ1n) is 24.9. The Morgan fingerprint density at radius 3 is 1.16 bits per heavy atom. The van der Waals surface area contributed by atoms with E-state index in [1.807, 2.05) is 12.2 Å². The van der Waals surface area contributed by atoms with E-state index in [9.17, 15) is 14.4 Å². The minimum Gasteiger partial charge on any atom is -0.462 e. The van der Waals surface area contributed by atoms with Gasteiger partial charge >= 0.3 is 17.9 Å². The van der Waals surface area contributed by atoms with Crippen molar-refractivity contribution in [1.29, 1.82) is 0 Å². The van der Waals surface area contributed by atoms with Gasteiger partial charge in [0.15, 0.2) is 6.10 Å². The second-order valence-electron chi connectivity index (χ2n) is 16.0. The monoisotopic (exact) mass is 859 g/mol. The van der Waals surface area contributed by atoms with Crippen LogP contribution in [0.2, 0.25) is 0 Å². The number of esters is 3. The van der Waals surface area contributed by atoms with Crippen molar-refractivity contribution in [1.82, 2.24) is 0 Å². The van der Waals surface area contributed by atoms with Gasteiger partial charge in [0.1, 0.15) is 13.2 Å². The zero-order chi connectivity index (χ0) is 45.1. The van der Waals surface area contributed by atoms with Crippen LogP contribution in [0.3, 0.4) is 0 Å². The largest absolute Gasteiger partial charge is 0.462 e. The van der Waals surface area contributed by atoms with Gasteiger partial charge in [-0.25, -0.2) is 0 Å². The standard InChI is InChI=1S/C56H90O6/c1-4-7-10-13-16-19-22-24-26-27-28-29-31-32-34-37-40-43-46-49-55(58)61-52-53(51-60-54(57)48-45-42-39-36-21-18-15-12-9-6-3)62-56(59)50-47-44-41-38-35-33-30-25-23-20-17-14-11-8-5-2/h7,10,12,15-17,19-20,24-26,28-30,32,34,40,43,53H,4-6,8-9,11,13-14,18,21-23,27,31,33,35-39,41-42,44-52H2,1-3H3/b10-7-,15-12-,19-16-,20-17-,26-24-,29-28-,30-25-,34-32-,43-40-. The molecular weight excluding hydrogens is 769 g/mol. The highest BCUT2D eigenvalue weighted by atomic mass is 16.6. The van der Waals surface area contributed by atoms with Crippen LogP contribution < -0.4 is 0 Å². The predicted molar refractivity (Wildman–Crippen MR) is 265 cm³/mol. The van der Waals surface area contributed by atoms with Crippen molar-refractivity contribution in [2.75, 3.05) is 13.2 Å². The van der Waals surface area contributed by atoms with Crippen LogP contribution in [-0.2, 0) is 28.6 Å². The lowest BCUT2D eigenvalue weighted by Crippen LogP contribution is -2.30. The zero-order valence-electron chi connectivity index (χ0n) is 39.8. The van der Waals surface area contributed by atoms with Crippen molar-refractivity contribution in [3.05, 3.63) is 109 Å². The molecule has 0 spiro atoms. The molecule has 0 bridgehead atoms. The highest BCUT2D eigenvalue weighted by Crippen LogP contribution is 2.12. The molecule has 0 aliphatic heterocycles. The van der Waals surface area contributed by atoms with Crippen molar-refractivity contribution >= 4 is 17.9 Å². The third-order valence-corrected chi connectivity index (χ3v) is 9.98. The van der Waals surface area contributed by atoms with Crippen LogP contribution in [0, 0.1) is 0 Å². The molecule has 0 aliphatic carbocycles. The van der Waals surface area contributed by atoms with E-state index in [0.29, 0.717) is 19.3 Å². The zero-order valence-corrected chi connectivity index (χ0v) is 39.8. The minimum atomic E-state index is -0.819. The van der Waals surface area contributed by atoms with Gasteiger partial charge in [0.25, 0.3) is 0 Å². The average Bonchev–Trinajstić information content (AvgIpc) is 3.27. The van der Waals surface area contributed by atoms with Gasteiger partial charge < -0.3 is 14.2 Å². The summed E-state index contributed by atoms with van der Waals surface area (Å²) in [6.07, 6.45) is 66.5. The van der Waals surface area contributed by atoms with Gasteiger partial charge in [0, 0.05) is 19.3 Å². The fourth-order valence-electron chi connectivity index (χ4n) is 6.26. The van der Waals surface area contributed by atoms with E-state index in [-0.39, 0.29) is 37.5 Å². The molecule has 0 fully saturated rings. The number of rotatable bonds is 43. The van der Waals surface area contributed by atoms with Crippen molar-refractivity contribution in [3.8, 4) is 0 Å². The summed E-state index contributed by atoms with van der Waals surface area (Å²) in [5.74, 6) is -1.03. The fourth-order valence-corrected chi connectivity index (χ4v) is 6.26. The van der Waals surface area contributed by atoms with Crippen LogP contribution in [0.25, 0.3) is 0 Å². The number of unbranched alkanes of at least 4 members (excludes halogenated alkanes) is 14. The van der Waals surface area contributed by atoms with Gasteiger partial charge in [-0.05, 0) is 109 Å². The van der Waals surface area contributed by atoms with Crippen molar-refractivity contribution in [2.24, 2.45) is 0 Å². The molecule has 0 aliphatic rings. The van der Waals surface area contributed by atoms with E-state index in [1.165, 1.54) is 38.5 Å². The third-order valence-electron chi connectivity index (χ3n) is 9.98. The quantitative estimate of drug-likeness (QED) is 0.0263. The van der Waals surface area contributed by atoms with Crippen LogP contribution in [0.1, 0.15) is 207 Å². The van der Waals surface area contributed by atoms with Crippen molar-refractivity contribution in [3.63, 3.8) is 0 Å². The maximum Gasteiger partial charge on any atom is 0.306 e. The third kappa shape index (κ3) is 47.1. The number of hydrogen-bond donors (Lipinski definition) is 0. The van der Waals surface area contributed by atoms with Gasteiger partial charge in [-0.1, -0.05) is 188 Å². The number of carbonyl (C=O) groups is 3. The molecule has 62 heavy (non-hydrogen) atoms. The summed E-state index contributed by atoms with van der Waals surface area (Å²) in [5, 5.41) is 0. The molecule has 0 aromatic heterocycles. The van der Waals surface area contributed by atoms with E-state index < -0.39 is 6.10 Å². The molecule has 350 valence electrons. The molecule has 0 aromatic rings. The summed E-state index contributed by atoms with van der Waals surface area (Å²) in [6.45, 7) is 6.33. The van der Waals surface area contributed by atoms with E-state index in [0.717, 1.165) is 122 Å². The van der Waals surface area contributed by atoms with Crippen molar-refractivity contribution in [2.45, 2.75) is 213 Å². The number of hydrogen-bond acceptors (Lipinski definition) is 6. The molecule has 0 amide bonds. The first kappa shape index (κ1) is 58.1. The van der Waals surface area contributed by atoms with E-state index in [2.05, 4.69) is 118 Å². The molecule has 0 aromatic carbocycles. The summed E-state index contributed by atoms with van der Waals surface area (Å²) >= 11 is 0. The first-order chi connectivity index (χ1) is 30.5. The molecule has 0 heterocycles. The summed E-state index contributed by atoms with van der Waals surface area (Å²) in [4.78, 5) is 37.8. The molecule has 0 N–H and O–H groups in total. The molecule has 0 radical (unpaired) electrons. The Kier molecular flexibility index (Phi) is 46.6. The predicted octanol–water partition coefficient (Wildman–Crippen LogP) is 16.4. The van der Waals surface area contributed by atoms with E-state index in [1.54, 1.807) is 0 Å². The van der Waals surface area contributed by atoms with Gasteiger partial charge in [-0.3, -0.25) is 14.4 Å². The van der Waals surface area contributed by atoms with Gasteiger partial charge in [-0.15, -0.1) is 0 Å². The molecule has 1 unspecified atom stereocenters. The molecule has 0 saturated carbocycles. The average molecular weight is 859 g/mol. The summed E-state index contributed by atoms with van der Waals surface area (Å²) < 4.78 is 16.7. The van der Waals surface area contributed by atoms with E-state index >= 15 is 0 Å². The number of carbonyl (C=O) groups excluding carboxylic acids is 3. The molecule has 1 atom stereocenters. The smallest absolute Gasteiger partial charge is 0.306 e. The Morgan fingerprint density at radius 1 is 0.339 bits per heavy atom. The van der Waals surface area contributed by atoms with Gasteiger partial charge in [0.05, 0.1) is 0 Å². The van der Waals surface area contributed by atoms with Crippen LogP contribution in [0.15, 0.2) is 109 Å². The number of ether oxygens (including phenoxy) is 3. The Hall–Kier alpha value is -3.93. The Balaban J connectivity index is 4.52. The molecule has 6 heteroatoms. The lowest BCUT2D eigenvalue weighted by atomic mass is 10.1. The van der Waals surface area contributed by atoms with Crippen molar-refractivity contribution < 1.29 is 28.6 Å². The second-order valence-corrected chi connectivity index (χ2v) is 16.0. The highest BCUT2D eigenvalue weighted by molar-refractivity contribution is 5.71. The maximum absolute atomic E-state index is 12.8. The second kappa shape index (κ2) is 49.7. The maximum atomic E-state index is 12.8. The van der Waals surface area contributed by atoms with Crippen LogP contribution in [0.4, 0.5) is 0 Å². The van der Waals surface area contributed by atoms with Gasteiger partial charge in [-0.2, -0.15) is 0 Å². The fraction of sp³-hybridized carbons (Fsp3) is 0.625. The lowest BCUT2D eigenvalue weighted by Gasteiger charge is -2.18. The Labute approximate surface area is 380 Å². The lowest BCUT2D eigenvalue weighted by molar-refractivity contribution is -0.166. The minimum absolute atomic E-state index is 0.114. The SMILES string of the molecule is CC/C=C\C/C=C\C/C=C\C/C=C\C/C=C\C/C=C\CCC(=O)OCC(COC(=O)CCCCCCC/C=C\CCC)OC(=O)CCCCCCC/C=C\C/C=C\CCCCC. The summed E-state index contributed by atoms with van der Waals surface area (Å²) in [5.41, 5.74) is 0. The summed E-state index contributed by atoms with van der Waals surface area (Å²) in [7, 11) is 0. The Morgan fingerprint density at radius 2 is 0.694 bits per heavy atom. The van der Waals surface area contributed by atoms with E-state index in [4.69, 9.17) is 14.2 Å². The van der Waals surface area contributed by atoms with Crippen LogP contribution in [-0.4, -0.2) is 37.2 Å². The first-order valence-corrected chi connectivity index (χ1v) is 24.9. The number of allylic oxidation sites excluding steroid dienone is 18. The molecule has 0 rings (SSSR count). The normalized spacial score (nSPS) is 13.0. The van der Waals surface area contributed by atoms with Gasteiger partial charge in [0.2, 0.25) is 0 Å². The summed E-state index contributed by atoms with van der Waals surface area (Å²) in [6, 6.07) is 0. The molecule has 0 saturated heterocycles. The van der Waals surface area contributed by atoms with Crippen LogP contribution in [0.5, 0.6) is 0 Å². The molecule has 6 nitrogen and oxygen atoms in total.